The van der Waals surface area contributed by atoms with Crippen molar-refractivity contribution in [2.45, 2.75) is 154 Å². The van der Waals surface area contributed by atoms with E-state index in [-0.39, 0.29) is 53.5 Å². The highest BCUT2D eigenvalue weighted by molar-refractivity contribution is 6.69. The first-order valence-corrected chi connectivity index (χ1v) is 22.2. The van der Waals surface area contributed by atoms with Gasteiger partial charge in [-0.05, 0) is 116 Å². The van der Waals surface area contributed by atoms with Crippen molar-refractivity contribution >= 4 is 34.9 Å². The molecule has 2 saturated carbocycles. The lowest BCUT2D eigenvalue weighted by Gasteiger charge is -2.22. The first-order valence-electron chi connectivity index (χ1n) is 21.9. The van der Waals surface area contributed by atoms with Gasteiger partial charge in [-0.3, -0.25) is 9.59 Å². The molecule has 2 aliphatic rings. The average Bonchev–Trinajstić information content (AvgIpc) is 4.17. The summed E-state index contributed by atoms with van der Waals surface area (Å²) in [6.07, 6.45) is 8.63. The second kappa shape index (κ2) is 23.6. The maximum Gasteiger partial charge on any atom is 0.306 e. The normalized spacial score (nSPS) is 15.4. The number of oxime groups is 2. The Labute approximate surface area is 375 Å². The summed E-state index contributed by atoms with van der Waals surface area (Å²) in [7, 11) is 0. The molecule has 0 radical (unpaired) electrons. The first-order chi connectivity index (χ1) is 30.2. The minimum atomic E-state index is -0.568. The van der Waals surface area contributed by atoms with Gasteiger partial charge in [0.1, 0.15) is 17.4 Å². The van der Waals surface area contributed by atoms with Gasteiger partial charge in [-0.15, -0.1) is 0 Å². The van der Waals surface area contributed by atoms with Crippen LogP contribution < -0.4 is 0 Å². The van der Waals surface area contributed by atoms with Crippen LogP contribution in [0.5, 0.6) is 0 Å². The van der Waals surface area contributed by atoms with Crippen molar-refractivity contribution in [1.29, 1.82) is 0 Å². The van der Waals surface area contributed by atoms with Gasteiger partial charge >= 0.3 is 11.9 Å². The minimum absolute atomic E-state index is 0.132. The number of hydrogen-bond donors (Lipinski definition) is 2. The average molecular weight is 892 g/mol. The highest BCUT2D eigenvalue weighted by Gasteiger charge is 2.38. The van der Waals surface area contributed by atoms with Gasteiger partial charge in [0.25, 0.3) is 0 Å². The van der Waals surface area contributed by atoms with Gasteiger partial charge < -0.3 is 38.4 Å². The number of carbonyl (C=O) groups excluding carboxylic acids is 2. The molecule has 4 aromatic rings. The van der Waals surface area contributed by atoms with E-state index in [4.69, 9.17) is 50.0 Å². The standard InChI is InChI=1S/C24H31ClN2O5.C24H32N2O5/c1-24(2,3)31-19(28)14-18(10-7-13-30-15-16-8-5-4-6-9-16)21-20(17-11-12-17)22(32-27-21)23(25)26-29;1-24(2,3)30-21(27)14-19(10-7-13-29-16-17-8-5-4-6-9-17)23-22(18-11-12-18)20(15-25-28)31-26-23/h4-6,8-9,17-18,29H,7,10-15H2,1-3H3;4-6,8-9,15,18-19,28H,7,10-14,16H2,1-3H3/b26-23-;25-15+/t18-;19-/m00/s1. The summed E-state index contributed by atoms with van der Waals surface area (Å²) >= 11 is 6.04. The van der Waals surface area contributed by atoms with E-state index in [9.17, 15) is 9.59 Å². The van der Waals surface area contributed by atoms with Crippen molar-refractivity contribution in [3.8, 4) is 0 Å². The highest BCUT2D eigenvalue weighted by atomic mass is 35.5. The van der Waals surface area contributed by atoms with Crippen molar-refractivity contribution in [2.24, 2.45) is 10.3 Å². The molecule has 2 aromatic heterocycles. The Morgan fingerprint density at radius 2 is 1.17 bits per heavy atom. The van der Waals surface area contributed by atoms with Crippen LogP contribution in [0.4, 0.5) is 0 Å². The predicted molar refractivity (Wildman–Crippen MR) is 238 cm³/mol. The van der Waals surface area contributed by atoms with Crippen LogP contribution in [0.3, 0.4) is 0 Å². The molecule has 2 atom stereocenters. The number of benzene rings is 2. The largest absolute Gasteiger partial charge is 0.460 e. The van der Waals surface area contributed by atoms with E-state index in [1.165, 1.54) is 6.21 Å². The van der Waals surface area contributed by atoms with Gasteiger partial charge in [0.15, 0.2) is 5.76 Å². The number of aromatic nitrogens is 2. The molecule has 15 heteroatoms. The van der Waals surface area contributed by atoms with Crippen LogP contribution >= 0.6 is 11.6 Å². The number of ether oxygens (including phenoxy) is 4. The number of nitrogens with zero attached hydrogens (tertiary/aromatic N) is 4. The van der Waals surface area contributed by atoms with Gasteiger partial charge in [0, 0.05) is 36.2 Å². The second-order valence-electron chi connectivity index (χ2n) is 18.2. The molecule has 63 heavy (non-hydrogen) atoms. The van der Waals surface area contributed by atoms with Crippen LogP contribution in [0.1, 0.15) is 175 Å². The molecule has 0 spiro atoms. The summed E-state index contributed by atoms with van der Waals surface area (Å²) in [6.45, 7) is 13.4. The number of carbonyl (C=O) groups is 2. The summed E-state index contributed by atoms with van der Waals surface area (Å²) < 4.78 is 33.6. The van der Waals surface area contributed by atoms with E-state index in [2.05, 4.69) is 20.6 Å². The summed E-state index contributed by atoms with van der Waals surface area (Å²) in [5.41, 5.74) is 4.40. The minimum Gasteiger partial charge on any atom is -0.460 e. The fraction of sp³-hybridized carbons (Fsp3) is 0.542. The quantitative estimate of drug-likeness (QED) is 0.0250. The SMILES string of the molecule is CC(C)(C)OC(=O)C[C@H](CCCOCc1ccccc1)c1noc(/C(Cl)=N/O)c1C1CC1.CC(C)(C)OC(=O)C[C@H](CCCOCc1ccccc1)c1noc(/C=N/O)c1C1CC1. The monoisotopic (exact) mass is 890 g/mol. The molecule has 2 fully saturated rings. The summed E-state index contributed by atoms with van der Waals surface area (Å²) in [5, 5.41) is 32.6. The van der Waals surface area contributed by atoms with Crippen LogP contribution in [-0.2, 0) is 41.8 Å². The van der Waals surface area contributed by atoms with Gasteiger partial charge in [0.05, 0.1) is 37.4 Å². The van der Waals surface area contributed by atoms with Gasteiger partial charge in [0.2, 0.25) is 10.9 Å². The van der Waals surface area contributed by atoms with E-state index in [0.717, 1.165) is 72.9 Å². The van der Waals surface area contributed by atoms with Crippen LogP contribution in [-0.4, -0.2) is 68.5 Å². The van der Waals surface area contributed by atoms with Crippen molar-refractivity contribution in [2.75, 3.05) is 13.2 Å². The zero-order chi connectivity index (χ0) is 45.4. The highest BCUT2D eigenvalue weighted by Crippen LogP contribution is 2.47. The maximum absolute atomic E-state index is 12.6. The summed E-state index contributed by atoms with van der Waals surface area (Å²) in [5.74, 6) is 0.431. The molecule has 0 unspecified atom stereocenters. The predicted octanol–water partition coefficient (Wildman–Crippen LogP) is 10.9. The molecule has 6 rings (SSSR count). The lowest BCUT2D eigenvalue weighted by Crippen LogP contribution is -2.25. The van der Waals surface area contributed by atoms with Gasteiger partial charge in [-0.25, -0.2) is 0 Å². The number of halogens is 1. The van der Waals surface area contributed by atoms with Crippen LogP contribution in [0, 0.1) is 0 Å². The Morgan fingerprint density at radius 1 is 0.730 bits per heavy atom. The van der Waals surface area contributed by atoms with E-state index in [0.29, 0.717) is 50.2 Å². The van der Waals surface area contributed by atoms with Crippen molar-refractivity contribution in [3.05, 3.63) is 106 Å². The third-order valence-corrected chi connectivity index (χ3v) is 10.6. The molecule has 0 saturated heterocycles. The topological polar surface area (TPSA) is 188 Å². The molecular formula is C48H63ClN4O10. The summed E-state index contributed by atoms with van der Waals surface area (Å²) in [4.78, 5) is 25.2. The van der Waals surface area contributed by atoms with Crippen molar-refractivity contribution in [3.63, 3.8) is 0 Å². The molecule has 2 aliphatic carbocycles. The smallest absolute Gasteiger partial charge is 0.306 e. The van der Waals surface area contributed by atoms with E-state index >= 15 is 0 Å². The zero-order valence-electron chi connectivity index (χ0n) is 37.4. The van der Waals surface area contributed by atoms with Crippen molar-refractivity contribution < 1.29 is 48.0 Å². The molecule has 2 N–H and O–H groups in total. The Hall–Kier alpha value is -5.05. The van der Waals surface area contributed by atoms with E-state index in [1.54, 1.807) is 0 Å². The zero-order valence-corrected chi connectivity index (χ0v) is 38.1. The Kier molecular flexibility index (Phi) is 18.3. The number of hydrogen-bond acceptors (Lipinski definition) is 14. The van der Waals surface area contributed by atoms with Crippen LogP contribution in [0.25, 0.3) is 0 Å². The Morgan fingerprint density at radius 3 is 1.60 bits per heavy atom. The number of rotatable bonds is 22. The Balaban J connectivity index is 0.000000238. The van der Waals surface area contributed by atoms with Crippen LogP contribution in [0.15, 0.2) is 80.0 Å². The molecule has 0 amide bonds. The fourth-order valence-electron chi connectivity index (χ4n) is 7.34. The second-order valence-corrected chi connectivity index (χ2v) is 18.5. The number of esters is 2. The van der Waals surface area contributed by atoms with Crippen LogP contribution in [0.2, 0.25) is 0 Å². The molecule has 0 bridgehead atoms. The summed E-state index contributed by atoms with van der Waals surface area (Å²) in [6, 6.07) is 20.0. The van der Waals surface area contributed by atoms with E-state index < -0.39 is 11.2 Å². The van der Waals surface area contributed by atoms with Gasteiger partial charge in [-0.1, -0.05) is 92.9 Å². The maximum atomic E-state index is 12.6. The van der Waals surface area contributed by atoms with Crippen molar-refractivity contribution in [1.82, 2.24) is 10.3 Å². The molecule has 2 heterocycles. The van der Waals surface area contributed by atoms with E-state index in [1.807, 2.05) is 102 Å². The molecule has 2 aromatic carbocycles. The molecule has 14 nitrogen and oxygen atoms in total. The third kappa shape index (κ3) is 16.5. The molecule has 0 aliphatic heterocycles. The molecular weight excluding hydrogens is 828 g/mol. The van der Waals surface area contributed by atoms with Gasteiger partial charge in [-0.2, -0.15) is 0 Å². The fourth-order valence-corrected chi connectivity index (χ4v) is 7.48. The third-order valence-electron chi connectivity index (χ3n) is 10.3. The lowest BCUT2D eigenvalue weighted by molar-refractivity contribution is -0.156. The first kappa shape index (κ1) is 49.0. The Bertz CT molecular complexity index is 2080. The lowest BCUT2D eigenvalue weighted by atomic mass is 9.91. The molecule has 342 valence electrons.